The second-order valence-electron chi connectivity index (χ2n) is 8.40. The third-order valence-electron chi connectivity index (χ3n) is 5.90. The van der Waals surface area contributed by atoms with E-state index in [-0.39, 0.29) is 46.1 Å². The van der Waals surface area contributed by atoms with Crippen LogP contribution in [0.1, 0.15) is 22.4 Å². The molecular formula is C23H21N7O7S3. The molecule has 1 saturated heterocycles. The molecule has 0 radical (unpaired) electrons. The summed E-state index contributed by atoms with van der Waals surface area (Å²) in [4.78, 5) is 64.4. The Labute approximate surface area is 238 Å². The second-order valence-corrected chi connectivity index (χ2v) is 11.4. The lowest BCUT2D eigenvalue weighted by molar-refractivity contribution is -0.687. The van der Waals surface area contributed by atoms with E-state index in [0.717, 1.165) is 20.9 Å². The van der Waals surface area contributed by atoms with Crippen LogP contribution in [0.25, 0.3) is 10.2 Å². The van der Waals surface area contributed by atoms with Crippen molar-refractivity contribution in [3.63, 3.8) is 0 Å². The molecule has 0 bridgehead atoms. The number of fused-ring (bicyclic) bond motifs is 2. The number of carbonyl (C=O) groups is 4. The number of amides is 2. The Hall–Kier alpha value is -4.09. The van der Waals surface area contributed by atoms with Crippen LogP contribution in [-0.4, -0.2) is 75.2 Å². The largest absolute Gasteiger partial charge is 0.543 e. The van der Waals surface area contributed by atoms with Gasteiger partial charge in [0.25, 0.3) is 11.8 Å². The van der Waals surface area contributed by atoms with Gasteiger partial charge in [0, 0.05) is 22.8 Å². The lowest BCUT2D eigenvalue weighted by atomic mass is 10.0. The maximum Gasteiger partial charge on any atom is 0.367 e. The third-order valence-corrected chi connectivity index (χ3v) is 8.93. The van der Waals surface area contributed by atoms with Gasteiger partial charge >= 0.3 is 5.97 Å². The maximum absolute atomic E-state index is 13.1. The molecule has 0 aliphatic carbocycles. The number of carboxylic acid groups (broad SMARTS) is 1. The molecule has 1 unspecified atom stereocenters. The number of hydrogen-bond donors (Lipinski definition) is 2. The number of nitrogens with one attached hydrogen (secondary N) is 1. The Bertz CT molecular complexity index is 1600. The van der Waals surface area contributed by atoms with Crippen molar-refractivity contribution in [2.75, 3.05) is 25.2 Å². The van der Waals surface area contributed by atoms with Crippen molar-refractivity contribution < 1.29 is 38.4 Å². The summed E-state index contributed by atoms with van der Waals surface area (Å²) in [5, 5.41) is 19.8. The van der Waals surface area contributed by atoms with Crippen molar-refractivity contribution in [2.45, 2.75) is 24.9 Å². The van der Waals surface area contributed by atoms with E-state index in [1.54, 1.807) is 30.0 Å². The molecule has 3 N–H and O–H groups in total. The molecule has 17 heteroatoms. The van der Waals surface area contributed by atoms with Gasteiger partial charge in [-0.2, -0.15) is 4.57 Å². The van der Waals surface area contributed by atoms with Crippen LogP contribution < -0.4 is 20.7 Å². The summed E-state index contributed by atoms with van der Waals surface area (Å²) in [6, 6.07) is 0.773. The van der Waals surface area contributed by atoms with E-state index in [0.29, 0.717) is 11.1 Å². The molecule has 2 atom stereocenters. The molecule has 5 heterocycles. The lowest BCUT2D eigenvalue weighted by Gasteiger charge is -2.50. The zero-order chi connectivity index (χ0) is 28.6. The molecule has 2 aliphatic rings. The molecule has 0 saturated carbocycles. The number of anilines is 1. The number of aliphatic carboxylic acids is 1. The van der Waals surface area contributed by atoms with Crippen LogP contribution in [0.5, 0.6) is 0 Å². The smallest absolute Gasteiger partial charge is 0.367 e. The molecule has 2 aliphatic heterocycles. The lowest BCUT2D eigenvalue weighted by Crippen LogP contribution is -2.71. The Morgan fingerprint density at radius 1 is 1.35 bits per heavy atom. The Kier molecular flexibility index (Phi) is 7.68. The van der Waals surface area contributed by atoms with Gasteiger partial charge in [0.05, 0.1) is 23.0 Å². The van der Waals surface area contributed by atoms with Gasteiger partial charge in [0.2, 0.25) is 5.01 Å². The van der Waals surface area contributed by atoms with Crippen LogP contribution in [0.15, 0.2) is 40.3 Å². The summed E-state index contributed by atoms with van der Waals surface area (Å²) < 4.78 is 7.48. The van der Waals surface area contributed by atoms with Crippen molar-refractivity contribution in [1.29, 1.82) is 0 Å². The summed E-state index contributed by atoms with van der Waals surface area (Å²) in [7, 11) is 1.26. The molecule has 208 valence electrons. The number of ether oxygens (including phenoxy) is 1. The Balaban J connectivity index is 1.34. The first-order valence-electron chi connectivity index (χ1n) is 11.7. The van der Waals surface area contributed by atoms with Gasteiger partial charge < -0.3 is 30.5 Å². The first kappa shape index (κ1) is 27.5. The molecule has 0 aromatic carbocycles. The number of nitrogen functional groups attached to an aromatic ring is 1. The molecule has 40 heavy (non-hydrogen) atoms. The second kappa shape index (κ2) is 11.2. The number of aromatic nitrogens is 3. The number of thioether (sulfide) groups is 1. The SMILES string of the molecule is CCOC(=O)c1nc2c[n+](CC3=C(C(=O)[O-])N4C(=O)C(NC(=O)C(=NOC)c5csc(N)n5)[C@@H]4SC3)ccc2s1. The highest BCUT2D eigenvalue weighted by atomic mass is 32.2. The van der Waals surface area contributed by atoms with Crippen molar-refractivity contribution >= 4 is 79.2 Å². The predicted octanol–water partition coefficient (Wildman–Crippen LogP) is -0.746. The number of pyridine rings is 1. The standard InChI is InChI=1S/C23H21N7O7S3/c1-3-37-22(35)18-25-11-7-29(5-4-13(11)40-18)6-10-8-38-20-15(19(32)30(20)16(10)21(33)34)27-17(31)14(28-36-2)12-9-39-23(24)26-12/h4-5,7,9,15,20H,3,6,8H2,1-2H3,(H3-,24,26,27,31,33,34)/t15?,20-/m0/s1. The summed E-state index contributed by atoms with van der Waals surface area (Å²) in [6.07, 6.45) is 3.42. The fraction of sp³-hybridized carbons (Fsp3) is 0.304. The van der Waals surface area contributed by atoms with Gasteiger partial charge in [-0.25, -0.2) is 14.8 Å². The molecule has 0 spiro atoms. The quantitative estimate of drug-likeness (QED) is 0.103. The first-order chi connectivity index (χ1) is 19.2. The number of carbonyl (C=O) groups excluding carboxylic acids is 4. The van der Waals surface area contributed by atoms with E-state index < -0.39 is 35.2 Å². The van der Waals surface area contributed by atoms with Crippen molar-refractivity contribution in [3.05, 3.63) is 45.8 Å². The topological polar surface area (TPSA) is 193 Å². The van der Waals surface area contributed by atoms with Crippen LogP contribution in [0.3, 0.4) is 0 Å². The average molecular weight is 604 g/mol. The van der Waals surface area contributed by atoms with Crippen LogP contribution >= 0.6 is 34.4 Å². The van der Waals surface area contributed by atoms with Crippen LogP contribution in [-0.2, 0) is 30.5 Å². The normalized spacial score (nSPS) is 18.8. The van der Waals surface area contributed by atoms with Crippen molar-refractivity contribution in [2.24, 2.45) is 5.16 Å². The van der Waals surface area contributed by atoms with Crippen LogP contribution in [0.4, 0.5) is 5.13 Å². The summed E-state index contributed by atoms with van der Waals surface area (Å²) in [5.41, 5.74) is 6.42. The van der Waals surface area contributed by atoms with Crippen molar-refractivity contribution in [1.82, 2.24) is 20.2 Å². The number of hydrogen-bond acceptors (Lipinski definition) is 14. The number of thiazole rings is 2. The number of nitrogens with two attached hydrogens (primary N) is 1. The van der Waals surface area contributed by atoms with E-state index in [2.05, 4.69) is 20.4 Å². The monoisotopic (exact) mass is 603 g/mol. The minimum atomic E-state index is -1.50. The third kappa shape index (κ3) is 5.09. The fourth-order valence-electron chi connectivity index (χ4n) is 4.21. The predicted molar refractivity (Wildman–Crippen MR) is 143 cm³/mol. The maximum atomic E-state index is 13.1. The van der Waals surface area contributed by atoms with Crippen molar-refractivity contribution in [3.8, 4) is 0 Å². The number of rotatable bonds is 9. The number of oxime groups is 1. The van der Waals surface area contributed by atoms with Gasteiger partial charge in [-0.1, -0.05) is 5.16 Å². The van der Waals surface area contributed by atoms with E-state index in [4.69, 9.17) is 15.3 Å². The summed E-state index contributed by atoms with van der Waals surface area (Å²) >= 11 is 3.61. The molecule has 3 aromatic rings. The number of β-lactam (4-membered cyclic amide) rings is 1. The van der Waals surface area contributed by atoms with Crippen LogP contribution in [0, 0.1) is 0 Å². The zero-order valence-electron chi connectivity index (χ0n) is 21.0. The molecule has 2 amide bonds. The highest BCUT2D eigenvalue weighted by Gasteiger charge is 2.53. The minimum absolute atomic E-state index is 0.141. The van der Waals surface area contributed by atoms with E-state index in [9.17, 15) is 24.3 Å². The molecule has 1 fully saturated rings. The molecular weight excluding hydrogens is 582 g/mol. The molecule has 3 aromatic heterocycles. The number of nitrogens with zero attached hydrogens (tertiary/aromatic N) is 5. The van der Waals surface area contributed by atoms with Gasteiger partial charge in [0.1, 0.15) is 29.7 Å². The Morgan fingerprint density at radius 2 is 2.15 bits per heavy atom. The van der Waals surface area contributed by atoms with E-state index >= 15 is 0 Å². The molecule has 14 nitrogen and oxygen atoms in total. The number of carboxylic acids is 1. The minimum Gasteiger partial charge on any atom is -0.543 e. The van der Waals surface area contributed by atoms with E-state index in [1.807, 2.05) is 0 Å². The summed E-state index contributed by atoms with van der Waals surface area (Å²) in [5.74, 6) is -3.07. The summed E-state index contributed by atoms with van der Waals surface area (Å²) in [6.45, 7) is 2.08. The average Bonchev–Trinajstić information content (AvgIpc) is 3.55. The van der Waals surface area contributed by atoms with Gasteiger partial charge in [-0.05, 0) is 6.92 Å². The zero-order valence-corrected chi connectivity index (χ0v) is 23.4. The first-order valence-corrected chi connectivity index (χ1v) is 14.4. The van der Waals surface area contributed by atoms with Gasteiger partial charge in [-0.15, -0.1) is 34.4 Å². The highest BCUT2D eigenvalue weighted by molar-refractivity contribution is 8.00. The van der Waals surface area contributed by atoms with Gasteiger partial charge in [-0.3, -0.25) is 14.5 Å². The van der Waals surface area contributed by atoms with Crippen LogP contribution in [0.2, 0.25) is 0 Å². The Morgan fingerprint density at radius 3 is 2.83 bits per heavy atom. The molecule has 5 rings (SSSR count). The fourth-order valence-corrected chi connectivity index (χ4v) is 6.92. The van der Waals surface area contributed by atoms with Gasteiger partial charge in [0.15, 0.2) is 29.8 Å². The van der Waals surface area contributed by atoms with E-state index in [1.165, 1.54) is 35.6 Å². The highest BCUT2D eigenvalue weighted by Crippen LogP contribution is 2.40. The number of esters is 1.